The minimum atomic E-state index is -0.581. The molecule has 1 fully saturated rings. The standard InChI is InChI=1S/C18H17N3O3S2/c1-9(22)6-11-7-10(2-4-13(11)16(19)23)15-5-3-12(26-15)8-14-17(24)21-18(25)20-14/h2-5,7-9,22H,6H2,1H3,(H2,19,23)(H2,20,21,24,25)/b14-8-. The third-order valence-corrected chi connectivity index (χ3v) is 5.09. The number of carbonyl (C=O) groups is 2. The van der Waals surface area contributed by atoms with Gasteiger partial charge in [-0.15, -0.1) is 11.3 Å². The highest BCUT2D eigenvalue weighted by Gasteiger charge is 2.20. The number of hydrogen-bond donors (Lipinski definition) is 4. The van der Waals surface area contributed by atoms with Gasteiger partial charge in [0.2, 0.25) is 5.91 Å². The van der Waals surface area contributed by atoms with E-state index in [1.54, 1.807) is 19.1 Å². The second-order valence-electron chi connectivity index (χ2n) is 5.96. The van der Waals surface area contributed by atoms with E-state index in [-0.39, 0.29) is 5.91 Å². The van der Waals surface area contributed by atoms with Crippen LogP contribution >= 0.6 is 23.6 Å². The highest BCUT2D eigenvalue weighted by Crippen LogP contribution is 2.31. The molecule has 2 heterocycles. The number of thiocarbonyl (C=S) groups is 1. The van der Waals surface area contributed by atoms with Crippen molar-refractivity contribution in [3.8, 4) is 10.4 Å². The number of thiophene rings is 1. The zero-order valence-electron chi connectivity index (χ0n) is 13.9. The Bertz CT molecular complexity index is 932. The number of carbonyl (C=O) groups excluding carboxylic acids is 2. The van der Waals surface area contributed by atoms with Gasteiger partial charge in [0.15, 0.2) is 5.11 Å². The number of nitrogens with one attached hydrogen (secondary N) is 2. The molecule has 5 N–H and O–H groups in total. The zero-order chi connectivity index (χ0) is 18.8. The van der Waals surface area contributed by atoms with Crippen LogP contribution in [0.2, 0.25) is 0 Å². The molecule has 0 saturated carbocycles. The summed E-state index contributed by atoms with van der Waals surface area (Å²) in [6.07, 6.45) is 1.50. The summed E-state index contributed by atoms with van der Waals surface area (Å²) in [5.74, 6) is -0.770. The first-order chi connectivity index (χ1) is 12.3. The zero-order valence-corrected chi connectivity index (χ0v) is 15.5. The van der Waals surface area contributed by atoms with Crippen LogP contribution < -0.4 is 16.4 Å². The number of amides is 2. The van der Waals surface area contributed by atoms with E-state index in [1.807, 2.05) is 24.3 Å². The van der Waals surface area contributed by atoms with E-state index >= 15 is 0 Å². The first-order valence-corrected chi connectivity index (χ1v) is 9.11. The summed E-state index contributed by atoms with van der Waals surface area (Å²) in [4.78, 5) is 25.2. The lowest BCUT2D eigenvalue weighted by Gasteiger charge is -2.10. The first kappa shape index (κ1) is 18.2. The van der Waals surface area contributed by atoms with Crippen LogP contribution in [-0.2, 0) is 11.2 Å². The van der Waals surface area contributed by atoms with Crippen molar-refractivity contribution in [2.24, 2.45) is 5.73 Å². The third kappa shape index (κ3) is 3.98. The highest BCUT2D eigenvalue weighted by molar-refractivity contribution is 7.80. The lowest BCUT2D eigenvalue weighted by molar-refractivity contribution is -0.115. The third-order valence-electron chi connectivity index (χ3n) is 3.80. The number of hydrogen-bond acceptors (Lipinski definition) is 5. The fourth-order valence-electron chi connectivity index (χ4n) is 2.68. The fraction of sp³-hybridized carbons (Fsp3) is 0.167. The molecule has 6 nitrogen and oxygen atoms in total. The van der Waals surface area contributed by atoms with Gasteiger partial charge in [0.05, 0.1) is 6.10 Å². The Morgan fingerprint density at radius 2 is 2.12 bits per heavy atom. The summed E-state index contributed by atoms with van der Waals surface area (Å²) >= 11 is 6.41. The summed E-state index contributed by atoms with van der Waals surface area (Å²) in [5, 5.41) is 15.3. The molecule has 0 aliphatic carbocycles. The second kappa shape index (κ2) is 7.36. The molecule has 2 aromatic rings. The highest BCUT2D eigenvalue weighted by atomic mass is 32.1. The van der Waals surface area contributed by atoms with Crippen molar-refractivity contribution in [3.05, 3.63) is 52.0 Å². The minimum absolute atomic E-state index is 0.255. The Hall–Kier alpha value is -2.55. The molecule has 3 rings (SSSR count). The molecule has 134 valence electrons. The van der Waals surface area contributed by atoms with Gasteiger partial charge in [-0.2, -0.15) is 0 Å². The Balaban J connectivity index is 1.91. The van der Waals surface area contributed by atoms with E-state index in [2.05, 4.69) is 10.6 Å². The summed E-state index contributed by atoms with van der Waals surface area (Å²) < 4.78 is 0. The number of aliphatic hydroxyl groups excluding tert-OH is 1. The summed E-state index contributed by atoms with van der Waals surface area (Å²) in [6.45, 7) is 1.66. The SMILES string of the molecule is CC(O)Cc1cc(-c2ccc(/C=C3\NC(=S)NC3=O)s2)ccc1C(N)=O. The van der Waals surface area contributed by atoms with Crippen molar-refractivity contribution in [3.63, 3.8) is 0 Å². The van der Waals surface area contributed by atoms with Gasteiger partial charge >= 0.3 is 0 Å². The maximum absolute atomic E-state index is 11.7. The number of nitrogens with two attached hydrogens (primary N) is 1. The van der Waals surface area contributed by atoms with Crippen LogP contribution in [0.3, 0.4) is 0 Å². The lowest BCUT2D eigenvalue weighted by Crippen LogP contribution is -2.21. The predicted molar refractivity (Wildman–Crippen MR) is 106 cm³/mol. The Labute approximate surface area is 159 Å². The first-order valence-electron chi connectivity index (χ1n) is 7.88. The van der Waals surface area contributed by atoms with Crippen molar-refractivity contribution in [2.75, 3.05) is 0 Å². The van der Waals surface area contributed by atoms with E-state index in [9.17, 15) is 14.7 Å². The van der Waals surface area contributed by atoms with E-state index in [0.29, 0.717) is 28.4 Å². The molecule has 0 radical (unpaired) electrons. The summed E-state index contributed by atoms with van der Waals surface area (Å²) in [6, 6.07) is 9.21. The van der Waals surface area contributed by atoms with E-state index in [0.717, 1.165) is 15.3 Å². The maximum atomic E-state index is 11.7. The average molecular weight is 387 g/mol. The molecular formula is C18H17N3O3S2. The molecule has 1 aliphatic heterocycles. The Morgan fingerprint density at radius 1 is 1.35 bits per heavy atom. The minimum Gasteiger partial charge on any atom is -0.393 e. The molecule has 0 spiro atoms. The molecule has 1 aromatic carbocycles. The van der Waals surface area contributed by atoms with Crippen LogP contribution in [0, 0.1) is 0 Å². The smallest absolute Gasteiger partial charge is 0.273 e. The van der Waals surface area contributed by atoms with E-state index in [4.69, 9.17) is 18.0 Å². The largest absolute Gasteiger partial charge is 0.393 e. The van der Waals surface area contributed by atoms with E-state index in [1.165, 1.54) is 11.3 Å². The van der Waals surface area contributed by atoms with Crippen LogP contribution in [0.5, 0.6) is 0 Å². The van der Waals surface area contributed by atoms with Crippen molar-refractivity contribution in [1.82, 2.24) is 10.6 Å². The molecule has 2 amide bonds. The van der Waals surface area contributed by atoms with Gasteiger partial charge in [-0.05, 0) is 67.0 Å². The monoisotopic (exact) mass is 387 g/mol. The van der Waals surface area contributed by atoms with Crippen LogP contribution in [0.15, 0.2) is 36.0 Å². The van der Waals surface area contributed by atoms with Gasteiger partial charge in [0.25, 0.3) is 5.91 Å². The quantitative estimate of drug-likeness (QED) is 0.462. The number of aliphatic hydroxyl groups is 1. The van der Waals surface area contributed by atoms with Gasteiger partial charge in [-0.1, -0.05) is 6.07 Å². The van der Waals surface area contributed by atoms with Crippen LogP contribution in [0.1, 0.15) is 27.7 Å². The van der Waals surface area contributed by atoms with Gasteiger partial charge in [0.1, 0.15) is 5.70 Å². The molecule has 8 heteroatoms. The molecule has 1 unspecified atom stereocenters. The normalized spacial score (nSPS) is 16.5. The lowest BCUT2D eigenvalue weighted by atomic mass is 9.98. The average Bonchev–Trinajstić information content (AvgIpc) is 3.13. The van der Waals surface area contributed by atoms with Crippen LogP contribution in [0.25, 0.3) is 16.5 Å². The predicted octanol–water partition coefficient (Wildman–Crippen LogP) is 1.78. The molecule has 1 saturated heterocycles. The Morgan fingerprint density at radius 3 is 2.73 bits per heavy atom. The number of primary amides is 1. The summed E-state index contributed by atoms with van der Waals surface area (Å²) in [5.41, 5.74) is 7.86. The van der Waals surface area contributed by atoms with Crippen molar-refractivity contribution in [2.45, 2.75) is 19.4 Å². The van der Waals surface area contributed by atoms with Gasteiger partial charge < -0.3 is 16.2 Å². The molecule has 26 heavy (non-hydrogen) atoms. The molecule has 1 atom stereocenters. The summed E-state index contributed by atoms with van der Waals surface area (Å²) in [7, 11) is 0. The van der Waals surface area contributed by atoms with Crippen molar-refractivity contribution >= 4 is 46.6 Å². The van der Waals surface area contributed by atoms with Crippen molar-refractivity contribution in [1.29, 1.82) is 0 Å². The molecule has 1 aliphatic rings. The van der Waals surface area contributed by atoms with Crippen LogP contribution in [-0.4, -0.2) is 28.1 Å². The Kier molecular flexibility index (Phi) is 5.17. The molecule has 1 aromatic heterocycles. The van der Waals surface area contributed by atoms with E-state index < -0.39 is 12.0 Å². The van der Waals surface area contributed by atoms with Gasteiger partial charge in [-0.25, -0.2) is 0 Å². The number of benzene rings is 1. The molecular weight excluding hydrogens is 370 g/mol. The van der Waals surface area contributed by atoms with Gasteiger partial charge in [-0.3, -0.25) is 14.9 Å². The maximum Gasteiger partial charge on any atom is 0.273 e. The van der Waals surface area contributed by atoms with Crippen molar-refractivity contribution < 1.29 is 14.7 Å². The topological polar surface area (TPSA) is 104 Å². The molecule has 0 bridgehead atoms. The van der Waals surface area contributed by atoms with Crippen LogP contribution in [0.4, 0.5) is 0 Å². The number of rotatable bonds is 5. The second-order valence-corrected chi connectivity index (χ2v) is 7.48. The van der Waals surface area contributed by atoms with Gasteiger partial charge in [0, 0.05) is 15.3 Å². The fourth-order valence-corrected chi connectivity index (χ4v) is 3.84.